The van der Waals surface area contributed by atoms with E-state index in [9.17, 15) is 28.1 Å². The molecule has 1 atom stereocenters. The van der Waals surface area contributed by atoms with Crippen molar-refractivity contribution in [1.82, 2.24) is 0 Å². The molecule has 1 rings (SSSR count). The molecule has 2 N–H and O–H groups in total. The van der Waals surface area contributed by atoms with Crippen LogP contribution in [0.2, 0.25) is 0 Å². The number of alkyl halides is 2. The van der Waals surface area contributed by atoms with Crippen LogP contribution >= 0.6 is 0 Å². The van der Waals surface area contributed by atoms with Crippen LogP contribution in [0.3, 0.4) is 0 Å². The lowest BCUT2D eigenvalue weighted by molar-refractivity contribution is -0.386. The van der Waals surface area contributed by atoms with E-state index in [1.165, 1.54) is 6.92 Å². The molecule has 0 radical (unpaired) electrons. The van der Waals surface area contributed by atoms with E-state index < -0.39 is 39.9 Å². The van der Waals surface area contributed by atoms with Gasteiger partial charge in [0.25, 0.3) is 5.69 Å². The standard InChI is InChI=1S/C11H11F3N2O4/c1-2-20-10(17)11(13,14)9(15)7-5-6(12)3-4-8(7)16(18)19/h3-5,9H,2,15H2,1H3/t9-/m1/s1. The predicted octanol–water partition coefficient (Wildman–Crippen LogP) is 1.93. The van der Waals surface area contributed by atoms with E-state index in [4.69, 9.17) is 5.73 Å². The van der Waals surface area contributed by atoms with Crippen molar-refractivity contribution < 1.29 is 27.6 Å². The molecule has 0 saturated heterocycles. The van der Waals surface area contributed by atoms with Crippen LogP contribution in [-0.4, -0.2) is 23.4 Å². The molecule has 0 aliphatic heterocycles. The summed E-state index contributed by atoms with van der Waals surface area (Å²) in [6.45, 7) is 0.997. The quantitative estimate of drug-likeness (QED) is 0.508. The Balaban J connectivity index is 3.26. The zero-order valence-corrected chi connectivity index (χ0v) is 10.3. The van der Waals surface area contributed by atoms with Gasteiger partial charge in [0.2, 0.25) is 0 Å². The zero-order valence-electron chi connectivity index (χ0n) is 10.3. The van der Waals surface area contributed by atoms with Gasteiger partial charge in [-0.3, -0.25) is 10.1 Å². The first-order valence-corrected chi connectivity index (χ1v) is 5.46. The summed E-state index contributed by atoms with van der Waals surface area (Å²) in [6.07, 6.45) is 0. The largest absolute Gasteiger partial charge is 0.462 e. The van der Waals surface area contributed by atoms with E-state index in [0.717, 1.165) is 6.07 Å². The molecule has 0 amide bonds. The number of benzene rings is 1. The first kappa shape index (κ1) is 15.9. The normalized spacial score (nSPS) is 12.8. The van der Waals surface area contributed by atoms with Gasteiger partial charge in [0, 0.05) is 6.07 Å². The zero-order chi connectivity index (χ0) is 15.5. The van der Waals surface area contributed by atoms with Gasteiger partial charge in [0.05, 0.1) is 17.1 Å². The van der Waals surface area contributed by atoms with Gasteiger partial charge in [-0.2, -0.15) is 8.78 Å². The Kier molecular flexibility index (Phi) is 4.66. The summed E-state index contributed by atoms with van der Waals surface area (Å²) in [5.41, 5.74) is 3.60. The van der Waals surface area contributed by atoms with Crippen LogP contribution < -0.4 is 5.73 Å². The lowest BCUT2D eigenvalue weighted by Crippen LogP contribution is -2.42. The minimum Gasteiger partial charge on any atom is -0.462 e. The average molecular weight is 292 g/mol. The third-order valence-electron chi connectivity index (χ3n) is 2.46. The molecule has 0 bridgehead atoms. The molecule has 110 valence electrons. The molecule has 1 aromatic rings. The maximum atomic E-state index is 13.7. The Morgan fingerprint density at radius 1 is 1.55 bits per heavy atom. The number of esters is 1. The molecule has 0 aliphatic carbocycles. The number of hydrogen-bond acceptors (Lipinski definition) is 5. The minimum absolute atomic E-state index is 0.313. The second kappa shape index (κ2) is 5.87. The molecular formula is C11H11F3N2O4. The second-order valence-corrected chi connectivity index (χ2v) is 3.78. The fourth-order valence-electron chi connectivity index (χ4n) is 1.49. The van der Waals surface area contributed by atoms with Crippen LogP contribution in [0.1, 0.15) is 18.5 Å². The first-order chi connectivity index (χ1) is 9.21. The molecule has 1 aromatic carbocycles. The van der Waals surface area contributed by atoms with E-state index in [2.05, 4.69) is 4.74 Å². The summed E-state index contributed by atoms with van der Waals surface area (Å²) in [4.78, 5) is 20.9. The fourth-order valence-corrected chi connectivity index (χ4v) is 1.49. The minimum atomic E-state index is -4.21. The van der Waals surface area contributed by atoms with Crippen molar-refractivity contribution in [3.63, 3.8) is 0 Å². The Bertz CT molecular complexity index is 536. The highest BCUT2D eigenvalue weighted by Crippen LogP contribution is 2.35. The van der Waals surface area contributed by atoms with Crippen molar-refractivity contribution >= 4 is 11.7 Å². The molecule has 20 heavy (non-hydrogen) atoms. The molecular weight excluding hydrogens is 281 g/mol. The summed E-state index contributed by atoms with van der Waals surface area (Å²) in [5, 5.41) is 10.7. The summed E-state index contributed by atoms with van der Waals surface area (Å²) in [6, 6.07) is -0.462. The molecule has 9 heteroatoms. The van der Waals surface area contributed by atoms with Crippen LogP contribution in [-0.2, 0) is 9.53 Å². The maximum Gasteiger partial charge on any atom is 0.379 e. The van der Waals surface area contributed by atoms with Gasteiger partial charge in [-0.1, -0.05) is 0 Å². The summed E-state index contributed by atoms with van der Waals surface area (Å²) in [7, 11) is 0. The molecule has 0 fully saturated rings. The average Bonchev–Trinajstić information content (AvgIpc) is 2.37. The van der Waals surface area contributed by atoms with Crippen molar-refractivity contribution in [2.24, 2.45) is 5.73 Å². The number of hydrogen-bond donors (Lipinski definition) is 1. The molecule has 0 heterocycles. The monoisotopic (exact) mass is 292 g/mol. The van der Waals surface area contributed by atoms with Gasteiger partial charge in [-0.05, 0) is 19.1 Å². The van der Waals surface area contributed by atoms with Crippen LogP contribution in [0.25, 0.3) is 0 Å². The van der Waals surface area contributed by atoms with Gasteiger partial charge >= 0.3 is 11.9 Å². The van der Waals surface area contributed by atoms with E-state index in [1.807, 2.05) is 0 Å². The Morgan fingerprint density at radius 3 is 2.65 bits per heavy atom. The van der Waals surface area contributed by atoms with E-state index in [-0.39, 0.29) is 6.61 Å². The lowest BCUT2D eigenvalue weighted by Gasteiger charge is -2.21. The van der Waals surface area contributed by atoms with Gasteiger partial charge in [0.1, 0.15) is 11.9 Å². The summed E-state index contributed by atoms with van der Waals surface area (Å²) < 4.78 is 44.6. The highest BCUT2D eigenvalue weighted by Gasteiger charge is 2.49. The first-order valence-electron chi connectivity index (χ1n) is 5.46. The number of carbonyl (C=O) groups is 1. The Morgan fingerprint density at radius 2 is 2.15 bits per heavy atom. The highest BCUT2D eigenvalue weighted by molar-refractivity contribution is 5.79. The maximum absolute atomic E-state index is 13.7. The number of nitro benzene ring substituents is 1. The second-order valence-electron chi connectivity index (χ2n) is 3.78. The van der Waals surface area contributed by atoms with Crippen LogP contribution in [0.4, 0.5) is 18.9 Å². The van der Waals surface area contributed by atoms with Gasteiger partial charge in [-0.15, -0.1) is 0 Å². The van der Waals surface area contributed by atoms with Crippen molar-refractivity contribution in [1.29, 1.82) is 0 Å². The molecule has 0 unspecified atom stereocenters. The smallest absolute Gasteiger partial charge is 0.379 e. The Hall–Kier alpha value is -2.16. The van der Waals surface area contributed by atoms with Crippen LogP contribution in [0, 0.1) is 15.9 Å². The predicted molar refractivity (Wildman–Crippen MR) is 61.6 cm³/mol. The SMILES string of the molecule is CCOC(=O)C(F)(F)[C@H](N)c1cc(F)ccc1[N+](=O)[O-]. The lowest BCUT2D eigenvalue weighted by atomic mass is 9.99. The number of nitrogens with two attached hydrogens (primary N) is 1. The third-order valence-corrected chi connectivity index (χ3v) is 2.46. The number of carbonyl (C=O) groups excluding carboxylic acids is 1. The number of halogens is 3. The number of rotatable bonds is 5. The van der Waals surface area contributed by atoms with Gasteiger partial charge in [-0.25, -0.2) is 9.18 Å². The highest BCUT2D eigenvalue weighted by atomic mass is 19.3. The third kappa shape index (κ3) is 3.05. The number of nitrogens with zero attached hydrogens (tertiary/aromatic N) is 1. The topological polar surface area (TPSA) is 95.5 Å². The fraction of sp³-hybridized carbons (Fsp3) is 0.364. The van der Waals surface area contributed by atoms with E-state index in [1.54, 1.807) is 0 Å². The molecule has 0 aromatic heterocycles. The van der Waals surface area contributed by atoms with Crippen molar-refractivity contribution in [3.05, 3.63) is 39.7 Å². The molecule has 0 aliphatic rings. The van der Waals surface area contributed by atoms with Gasteiger partial charge < -0.3 is 10.5 Å². The Labute approximate surface area is 111 Å². The summed E-state index contributed by atoms with van der Waals surface area (Å²) in [5.74, 6) is -7.12. The molecule has 0 spiro atoms. The number of nitro groups is 1. The van der Waals surface area contributed by atoms with Crippen molar-refractivity contribution in [3.8, 4) is 0 Å². The van der Waals surface area contributed by atoms with Crippen LogP contribution in [0.5, 0.6) is 0 Å². The van der Waals surface area contributed by atoms with Crippen LogP contribution in [0.15, 0.2) is 18.2 Å². The van der Waals surface area contributed by atoms with E-state index >= 15 is 0 Å². The number of ether oxygens (including phenoxy) is 1. The summed E-state index contributed by atoms with van der Waals surface area (Å²) >= 11 is 0. The molecule has 6 nitrogen and oxygen atoms in total. The van der Waals surface area contributed by atoms with Crippen molar-refractivity contribution in [2.45, 2.75) is 18.9 Å². The molecule has 0 saturated carbocycles. The van der Waals surface area contributed by atoms with Crippen molar-refractivity contribution in [2.75, 3.05) is 6.61 Å². The van der Waals surface area contributed by atoms with E-state index in [0.29, 0.717) is 12.1 Å². The van der Waals surface area contributed by atoms with Gasteiger partial charge in [0.15, 0.2) is 0 Å².